The smallest absolute Gasteiger partial charge is 0.297 e. The van der Waals surface area contributed by atoms with E-state index in [0.717, 1.165) is 22.3 Å². The van der Waals surface area contributed by atoms with Crippen LogP contribution in [0, 0.1) is 13.8 Å². The summed E-state index contributed by atoms with van der Waals surface area (Å²) in [5.74, 6) is 0.826. The number of para-hydroxylation sites is 1. The summed E-state index contributed by atoms with van der Waals surface area (Å²) in [6.45, 7) is 4.97. The van der Waals surface area contributed by atoms with Crippen LogP contribution in [0.4, 0.5) is 14.6 Å². The van der Waals surface area contributed by atoms with E-state index in [1.807, 2.05) is 50.1 Å². The molecule has 0 fully saturated rings. The minimum Gasteiger partial charge on any atom is -0.492 e. The monoisotopic (exact) mass is 357 g/mol. The lowest BCUT2D eigenvalue weighted by Crippen LogP contribution is -2.25. The Kier molecular flexibility index (Phi) is 5.30. The Hall–Kier alpha value is -2.76. The highest BCUT2D eigenvalue weighted by molar-refractivity contribution is 5.89. The number of fused-ring (bicyclic) bond motifs is 1. The molecule has 0 saturated heterocycles. The molecule has 1 heterocycles. The van der Waals surface area contributed by atoms with Gasteiger partial charge in [0, 0.05) is 12.4 Å². The van der Waals surface area contributed by atoms with Gasteiger partial charge in [-0.1, -0.05) is 18.2 Å². The number of aromatic nitrogens is 2. The third-order valence-corrected chi connectivity index (χ3v) is 4.05. The number of alkyl halides is 2. The zero-order valence-corrected chi connectivity index (χ0v) is 15.0. The van der Waals surface area contributed by atoms with Crippen molar-refractivity contribution in [3.05, 3.63) is 59.4 Å². The highest BCUT2D eigenvalue weighted by Crippen LogP contribution is 2.26. The molecular formula is C20H21F2N3O. The topological polar surface area (TPSA) is 38.2 Å². The number of ether oxygens (including phenoxy) is 1. The Morgan fingerprint density at radius 1 is 1.04 bits per heavy atom. The molecular weight excluding hydrogens is 336 g/mol. The average molecular weight is 357 g/mol. The van der Waals surface area contributed by atoms with Crippen molar-refractivity contribution in [2.45, 2.75) is 20.3 Å². The average Bonchev–Trinajstić information content (AvgIpc) is 2.59. The summed E-state index contributed by atoms with van der Waals surface area (Å²) < 4.78 is 32.1. The first-order valence-electron chi connectivity index (χ1n) is 8.41. The molecule has 6 heteroatoms. The molecule has 3 aromatic rings. The summed E-state index contributed by atoms with van der Waals surface area (Å²) >= 11 is 0. The van der Waals surface area contributed by atoms with Crippen molar-refractivity contribution in [1.29, 1.82) is 0 Å². The third kappa shape index (κ3) is 4.07. The first-order chi connectivity index (χ1) is 12.4. The highest BCUT2D eigenvalue weighted by Gasteiger charge is 2.17. The van der Waals surface area contributed by atoms with Crippen LogP contribution in [0.3, 0.4) is 0 Å². The molecule has 1 aromatic heterocycles. The summed E-state index contributed by atoms with van der Waals surface area (Å²) in [6.07, 6.45) is -2.71. The Bertz CT molecular complexity index is 894. The van der Waals surface area contributed by atoms with Gasteiger partial charge >= 0.3 is 0 Å². The quantitative estimate of drug-likeness (QED) is 0.641. The molecule has 0 N–H and O–H groups in total. The molecule has 3 rings (SSSR count). The van der Waals surface area contributed by atoms with Crippen LogP contribution in [0.2, 0.25) is 0 Å². The molecule has 0 bridgehead atoms. The second-order valence-electron chi connectivity index (χ2n) is 6.32. The molecule has 136 valence electrons. The van der Waals surface area contributed by atoms with E-state index < -0.39 is 12.2 Å². The number of hydrogen-bond acceptors (Lipinski definition) is 4. The number of benzene rings is 2. The molecule has 2 aromatic carbocycles. The SMILES string of the molecule is Cc1cc(C)cc(OCCN(C)c2nc(C(F)F)nc3ccccc23)c1. The summed E-state index contributed by atoms with van der Waals surface area (Å²) in [5, 5.41) is 0.741. The van der Waals surface area contributed by atoms with E-state index >= 15 is 0 Å². The number of anilines is 1. The van der Waals surface area contributed by atoms with Crippen LogP contribution in [0.25, 0.3) is 10.9 Å². The lowest BCUT2D eigenvalue weighted by Gasteiger charge is -2.21. The Labute approximate surface area is 151 Å². The standard InChI is InChI=1S/C20H21F2N3O/c1-13-10-14(2)12-15(11-13)26-9-8-25(3)20-16-6-4-5-7-17(16)23-19(24-20)18(21)22/h4-7,10-12,18H,8-9H2,1-3H3. The molecule has 0 aliphatic rings. The van der Waals surface area contributed by atoms with Crippen LogP contribution in [0.15, 0.2) is 42.5 Å². The van der Waals surface area contributed by atoms with Gasteiger partial charge in [-0.05, 0) is 49.2 Å². The first kappa shape index (κ1) is 18.0. The van der Waals surface area contributed by atoms with E-state index in [9.17, 15) is 8.78 Å². The maximum atomic E-state index is 13.1. The number of rotatable bonds is 6. The van der Waals surface area contributed by atoms with Gasteiger partial charge in [0.1, 0.15) is 18.2 Å². The molecule has 4 nitrogen and oxygen atoms in total. The molecule has 0 aliphatic carbocycles. The molecule has 0 saturated carbocycles. The van der Waals surface area contributed by atoms with Gasteiger partial charge in [0.25, 0.3) is 6.43 Å². The second-order valence-corrected chi connectivity index (χ2v) is 6.32. The first-order valence-corrected chi connectivity index (χ1v) is 8.41. The van der Waals surface area contributed by atoms with Crippen LogP contribution in [-0.2, 0) is 0 Å². The van der Waals surface area contributed by atoms with Gasteiger partial charge in [-0.25, -0.2) is 18.7 Å². The van der Waals surface area contributed by atoms with E-state index in [4.69, 9.17) is 4.74 Å². The van der Waals surface area contributed by atoms with Crippen LogP contribution in [0.1, 0.15) is 23.4 Å². The number of likely N-dealkylation sites (N-methyl/N-ethyl adjacent to an activating group) is 1. The van der Waals surface area contributed by atoms with Gasteiger partial charge in [0.2, 0.25) is 0 Å². The van der Waals surface area contributed by atoms with E-state index in [1.165, 1.54) is 0 Å². The van der Waals surface area contributed by atoms with Gasteiger partial charge in [0.05, 0.1) is 12.1 Å². The van der Waals surface area contributed by atoms with Crippen molar-refractivity contribution in [2.75, 3.05) is 25.1 Å². The zero-order chi connectivity index (χ0) is 18.7. The maximum absolute atomic E-state index is 13.1. The van der Waals surface area contributed by atoms with E-state index in [-0.39, 0.29) is 0 Å². The fraction of sp³-hybridized carbons (Fsp3) is 0.300. The maximum Gasteiger partial charge on any atom is 0.297 e. The predicted molar refractivity (Wildman–Crippen MR) is 99.2 cm³/mol. The van der Waals surface area contributed by atoms with Crippen molar-refractivity contribution in [3.63, 3.8) is 0 Å². The molecule has 0 radical (unpaired) electrons. The van der Waals surface area contributed by atoms with Crippen molar-refractivity contribution in [2.24, 2.45) is 0 Å². The van der Waals surface area contributed by atoms with Crippen LogP contribution in [0.5, 0.6) is 5.75 Å². The van der Waals surface area contributed by atoms with Gasteiger partial charge in [-0.15, -0.1) is 0 Å². The second kappa shape index (κ2) is 7.64. The fourth-order valence-corrected chi connectivity index (χ4v) is 2.89. The van der Waals surface area contributed by atoms with E-state index in [1.54, 1.807) is 12.1 Å². The Morgan fingerprint density at radius 3 is 2.42 bits per heavy atom. The minimum atomic E-state index is -2.71. The predicted octanol–water partition coefficient (Wildman–Crippen LogP) is 4.70. The summed E-state index contributed by atoms with van der Waals surface area (Å²) in [7, 11) is 1.81. The van der Waals surface area contributed by atoms with Crippen LogP contribution >= 0.6 is 0 Å². The molecule has 26 heavy (non-hydrogen) atoms. The van der Waals surface area contributed by atoms with E-state index in [2.05, 4.69) is 16.0 Å². The normalized spacial score (nSPS) is 11.2. The summed E-state index contributed by atoms with van der Waals surface area (Å²) in [6, 6.07) is 13.2. The molecule has 0 amide bonds. The molecule has 0 atom stereocenters. The minimum absolute atomic E-state index is 0.418. The summed E-state index contributed by atoms with van der Waals surface area (Å²) in [4.78, 5) is 9.83. The van der Waals surface area contributed by atoms with Crippen molar-refractivity contribution < 1.29 is 13.5 Å². The zero-order valence-electron chi connectivity index (χ0n) is 15.0. The van der Waals surface area contributed by atoms with Crippen molar-refractivity contribution >= 4 is 16.7 Å². The van der Waals surface area contributed by atoms with Gasteiger partial charge in [-0.3, -0.25) is 0 Å². The van der Waals surface area contributed by atoms with Crippen LogP contribution < -0.4 is 9.64 Å². The lowest BCUT2D eigenvalue weighted by molar-refractivity contribution is 0.141. The molecule has 0 aliphatic heterocycles. The number of nitrogens with zero attached hydrogens (tertiary/aromatic N) is 3. The fourth-order valence-electron chi connectivity index (χ4n) is 2.89. The van der Waals surface area contributed by atoms with Gasteiger partial charge in [0.15, 0.2) is 5.82 Å². The molecule has 0 unspecified atom stereocenters. The summed E-state index contributed by atoms with van der Waals surface area (Å²) in [5.41, 5.74) is 2.78. The Morgan fingerprint density at radius 2 is 1.73 bits per heavy atom. The molecule has 0 spiro atoms. The van der Waals surface area contributed by atoms with E-state index in [0.29, 0.717) is 24.5 Å². The Balaban J connectivity index is 1.77. The number of hydrogen-bond donors (Lipinski definition) is 0. The lowest BCUT2D eigenvalue weighted by atomic mass is 10.1. The number of aryl methyl sites for hydroxylation is 2. The largest absolute Gasteiger partial charge is 0.492 e. The highest BCUT2D eigenvalue weighted by atomic mass is 19.3. The van der Waals surface area contributed by atoms with Crippen molar-refractivity contribution in [1.82, 2.24) is 9.97 Å². The van der Waals surface area contributed by atoms with Crippen LogP contribution in [-0.4, -0.2) is 30.2 Å². The third-order valence-electron chi connectivity index (χ3n) is 4.05. The van der Waals surface area contributed by atoms with Gasteiger partial charge in [-0.2, -0.15) is 0 Å². The number of halogens is 2. The van der Waals surface area contributed by atoms with Gasteiger partial charge < -0.3 is 9.64 Å². The van der Waals surface area contributed by atoms with Crippen molar-refractivity contribution in [3.8, 4) is 5.75 Å².